The molecule has 0 spiro atoms. The van der Waals surface area contributed by atoms with E-state index in [1.165, 1.54) is 76.6 Å². The molecule has 2 aromatic heterocycles. The second-order valence-corrected chi connectivity index (χ2v) is 15.8. The van der Waals surface area contributed by atoms with Crippen LogP contribution in [-0.4, -0.2) is 9.13 Å². The van der Waals surface area contributed by atoms with E-state index in [0.29, 0.717) is 0 Å². The minimum atomic E-state index is 1.09. The van der Waals surface area contributed by atoms with Crippen LogP contribution in [0.15, 0.2) is 237 Å². The fourth-order valence-electron chi connectivity index (χ4n) is 9.46. The molecule has 61 heavy (non-hydrogen) atoms. The van der Waals surface area contributed by atoms with E-state index in [1.807, 2.05) is 0 Å². The maximum Gasteiger partial charge on any atom is 0.0547 e. The second kappa shape index (κ2) is 14.3. The first-order valence-corrected chi connectivity index (χ1v) is 20.9. The van der Waals surface area contributed by atoms with Crippen molar-refractivity contribution in [2.45, 2.75) is 0 Å². The highest BCUT2D eigenvalue weighted by Gasteiger charge is 2.19. The smallest absolute Gasteiger partial charge is 0.0547 e. The van der Waals surface area contributed by atoms with Crippen LogP contribution < -0.4 is 4.90 Å². The molecule has 0 atom stereocenters. The van der Waals surface area contributed by atoms with Crippen LogP contribution in [-0.2, 0) is 0 Å². The third-order valence-corrected chi connectivity index (χ3v) is 12.3. The average Bonchev–Trinajstić information content (AvgIpc) is 3.86. The number of nitrogens with zero attached hydrogens (tertiary/aromatic N) is 3. The molecule has 12 rings (SSSR count). The lowest BCUT2D eigenvalue weighted by Gasteiger charge is -2.26. The minimum absolute atomic E-state index is 1.09. The number of anilines is 3. The fraction of sp³-hybridized carbons (Fsp3) is 0. The molecule has 3 nitrogen and oxygen atoms in total. The third kappa shape index (κ3) is 5.82. The molecule has 10 aromatic carbocycles. The monoisotopic (exact) mass is 777 g/mol. The number of aromatic nitrogens is 2. The number of fused-ring (bicyclic) bond motifs is 8. The van der Waals surface area contributed by atoms with Crippen molar-refractivity contribution in [3.05, 3.63) is 237 Å². The van der Waals surface area contributed by atoms with Gasteiger partial charge < -0.3 is 14.0 Å². The summed E-state index contributed by atoms with van der Waals surface area (Å²) in [6.07, 6.45) is 0. The van der Waals surface area contributed by atoms with Gasteiger partial charge in [0.1, 0.15) is 0 Å². The summed E-state index contributed by atoms with van der Waals surface area (Å²) in [5.74, 6) is 0. The highest BCUT2D eigenvalue weighted by molar-refractivity contribution is 6.21. The quantitative estimate of drug-likeness (QED) is 0.157. The zero-order chi connectivity index (χ0) is 40.3. The molecule has 0 bridgehead atoms. The largest absolute Gasteiger partial charge is 0.310 e. The summed E-state index contributed by atoms with van der Waals surface area (Å²) in [6, 6.07) is 85.8. The molecule has 0 aliphatic heterocycles. The first-order chi connectivity index (χ1) is 30.3. The highest BCUT2D eigenvalue weighted by atomic mass is 15.1. The van der Waals surface area contributed by atoms with Gasteiger partial charge in [-0.3, -0.25) is 0 Å². The molecular formula is C58H39N3. The van der Waals surface area contributed by atoms with Crippen molar-refractivity contribution in [1.29, 1.82) is 0 Å². The van der Waals surface area contributed by atoms with Gasteiger partial charge in [0, 0.05) is 50.0 Å². The van der Waals surface area contributed by atoms with Crippen LogP contribution in [0.5, 0.6) is 0 Å². The van der Waals surface area contributed by atoms with Gasteiger partial charge in [0.05, 0.1) is 22.1 Å². The van der Waals surface area contributed by atoms with E-state index >= 15 is 0 Å². The molecular weight excluding hydrogens is 739 g/mol. The second-order valence-electron chi connectivity index (χ2n) is 15.8. The number of benzene rings is 10. The summed E-state index contributed by atoms with van der Waals surface area (Å²) in [6.45, 7) is 0. The highest BCUT2D eigenvalue weighted by Crippen LogP contribution is 2.42. The molecule has 2 heterocycles. The van der Waals surface area contributed by atoms with Crippen LogP contribution >= 0.6 is 0 Å². The van der Waals surface area contributed by atoms with Gasteiger partial charge in [0.25, 0.3) is 0 Å². The normalized spacial score (nSPS) is 11.6. The summed E-state index contributed by atoms with van der Waals surface area (Å²) in [5.41, 5.74) is 15.2. The molecule has 0 N–H and O–H groups in total. The van der Waals surface area contributed by atoms with Gasteiger partial charge >= 0.3 is 0 Å². The average molecular weight is 778 g/mol. The van der Waals surface area contributed by atoms with E-state index < -0.39 is 0 Å². The van der Waals surface area contributed by atoms with E-state index in [9.17, 15) is 0 Å². The molecule has 3 heteroatoms. The molecule has 0 aliphatic rings. The minimum Gasteiger partial charge on any atom is -0.310 e. The lowest BCUT2D eigenvalue weighted by molar-refractivity contribution is 1.18. The standard InChI is InChI=1S/C58H39N3/c1-3-13-40(14-4-1)41-23-30-46(31-24-41)59(49-36-38-56-53(39-49)51-19-9-11-21-54(51)60(56)45-16-5-2-6-17-45)47-32-25-42(26-33-47)43-27-34-48(35-28-43)61-55-22-12-10-20-52(55)58-50-18-8-7-15-44(50)29-37-57(58)61/h1-39H. The Balaban J connectivity index is 0.942. The zero-order valence-electron chi connectivity index (χ0n) is 33.4. The Bertz CT molecular complexity index is 3540. The summed E-state index contributed by atoms with van der Waals surface area (Å²) in [5, 5.41) is 7.57. The predicted octanol–water partition coefficient (Wildman–Crippen LogP) is 15.8. The van der Waals surface area contributed by atoms with E-state index in [1.54, 1.807) is 0 Å². The molecule has 12 aromatic rings. The maximum atomic E-state index is 2.40. The topological polar surface area (TPSA) is 13.1 Å². The lowest BCUT2D eigenvalue weighted by atomic mass is 10.0. The van der Waals surface area contributed by atoms with E-state index in [-0.39, 0.29) is 0 Å². The summed E-state index contributed by atoms with van der Waals surface area (Å²) in [4.78, 5) is 2.38. The Morgan fingerprint density at radius 3 is 1.38 bits per heavy atom. The van der Waals surface area contributed by atoms with Gasteiger partial charge in [-0.15, -0.1) is 0 Å². The first kappa shape index (κ1) is 34.9. The summed E-state index contributed by atoms with van der Waals surface area (Å²) in [7, 11) is 0. The number of hydrogen-bond donors (Lipinski definition) is 0. The SMILES string of the molecule is c1ccc(-c2ccc(N(c3ccc(-c4ccc(-n5c6ccccc6c6c7ccccc7ccc65)cc4)cc3)c3ccc4c(c3)c3ccccc3n4-c3ccccc3)cc2)cc1. The molecule has 0 saturated heterocycles. The third-order valence-electron chi connectivity index (χ3n) is 12.3. The van der Waals surface area contributed by atoms with Crippen LogP contribution in [0.4, 0.5) is 17.1 Å². The van der Waals surface area contributed by atoms with Gasteiger partial charge in [-0.05, 0) is 118 Å². The molecule has 286 valence electrons. The predicted molar refractivity (Wildman–Crippen MR) is 258 cm³/mol. The van der Waals surface area contributed by atoms with Gasteiger partial charge in [-0.2, -0.15) is 0 Å². The summed E-state index contributed by atoms with van der Waals surface area (Å²) >= 11 is 0. The van der Waals surface area contributed by atoms with Crippen LogP contribution in [0, 0.1) is 0 Å². The molecule has 0 saturated carbocycles. The van der Waals surface area contributed by atoms with Crippen LogP contribution in [0.2, 0.25) is 0 Å². The summed E-state index contributed by atoms with van der Waals surface area (Å²) < 4.78 is 4.77. The first-order valence-electron chi connectivity index (χ1n) is 20.9. The maximum absolute atomic E-state index is 2.40. The van der Waals surface area contributed by atoms with Crippen molar-refractivity contribution in [3.63, 3.8) is 0 Å². The van der Waals surface area contributed by atoms with Crippen molar-refractivity contribution >= 4 is 71.4 Å². The Morgan fingerprint density at radius 2 is 0.705 bits per heavy atom. The van der Waals surface area contributed by atoms with Gasteiger partial charge in [-0.1, -0.05) is 152 Å². The molecule has 0 radical (unpaired) electrons. The van der Waals surface area contributed by atoms with Crippen molar-refractivity contribution < 1.29 is 0 Å². The van der Waals surface area contributed by atoms with Gasteiger partial charge in [0.15, 0.2) is 0 Å². The van der Waals surface area contributed by atoms with Crippen LogP contribution in [0.1, 0.15) is 0 Å². The molecule has 0 unspecified atom stereocenters. The molecule has 0 amide bonds. The Kier molecular flexibility index (Phi) is 8.17. The van der Waals surface area contributed by atoms with Gasteiger partial charge in [0.2, 0.25) is 0 Å². The number of hydrogen-bond acceptors (Lipinski definition) is 1. The zero-order valence-corrected chi connectivity index (χ0v) is 33.4. The van der Waals surface area contributed by atoms with Crippen LogP contribution in [0.3, 0.4) is 0 Å². The van der Waals surface area contributed by atoms with E-state index in [0.717, 1.165) is 28.4 Å². The number of para-hydroxylation sites is 3. The fourth-order valence-corrected chi connectivity index (χ4v) is 9.46. The van der Waals surface area contributed by atoms with E-state index in [4.69, 9.17) is 0 Å². The Morgan fingerprint density at radius 1 is 0.262 bits per heavy atom. The molecule has 0 fully saturated rings. The van der Waals surface area contributed by atoms with Crippen LogP contribution in [0.25, 0.3) is 88.0 Å². The van der Waals surface area contributed by atoms with E-state index in [2.05, 4.69) is 251 Å². The Labute approximate surface area is 354 Å². The number of rotatable bonds is 7. The van der Waals surface area contributed by atoms with Gasteiger partial charge in [-0.25, -0.2) is 0 Å². The van der Waals surface area contributed by atoms with Crippen molar-refractivity contribution in [1.82, 2.24) is 9.13 Å². The molecule has 0 aliphatic carbocycles. The Hall–Kier alpha value is -8.14. The van der Waals surface area contributed by atoms with Crippen molar-refractivity contribution in [2.75, 3.05) is 4.90 Å². The van der Waals surface area contributed by atoms with Crippen molar-refractivity contribution in [3.8, 4) is 33.6 Å². The lowest BCUT2D eigenvalue weighted by Crippen LogP contribution is -2.10. The van der Waals surface area contributed by atoms with Crippen molar-refractivity contribution in [2.24, 2.45) is 0 Å².